The van der Waals surface area contributed by atoms with Crippen LogP contribution in [0, 0.1) is 0 Å². The predicted molar refractivity (Wildman–Crippen MR) is 127 cm³/mol. The third kappa shape index (κ3) is 3.00. The van der Waals surface area contributed by atoms with Crippen LogP contribution in [0.1, 0.15) is 5.69 Å². The van der Waals surface area contributed by atoms with Gasteiger partial charge in [0.15, 0.2) is 5.75 Å². The smallest absolute Gasteiger partial charge is 0.261 e. The molecule has 0 aliphatic carbocycles. The molecule has 5 aromatic rings. The van der Waals surface area contributed by atoms with Crippen molar-refractivity contribution >= 4 is 22.4 Å². The molecular formula is C25H19N5O3. The summed E-state index contributed by atoms with van der Waals surface area (Å²) in [4.78, 5) is 15.8. The molecule has 1 aliphatic rings. The number of para-hydroxylation sites is 2. The third-order valence-corrected chi connectivity index (χ3v) is 5.69. The van der Waals surface area contributed by atoms with Crippen LogP contribution in [0.25, 0.3) is 27.7 Å². The summed E-state index contributed by atoms with van der Waals surface area (Å²) in [6.07, 6.45) is 0. The fraction of sp³-hybridized carbons (Fsp3) is 0.0400. The van der Waals surface area contributed by atoms with Crippen LogP contribution in [0.4, 0.5) is 11.5 Å². The Labute approximate surface area is 188 Å². The molecule has 5 N–H and O–H groups in total. The number of benzene rings is 3. The number of fused-ring (bicyclic) bond motifs is 5. The summed E-state index contributed by atoms with van der Waals surface area (Å²) in [6, 6.07) is 22.4. The second kappa shape index (κ2) is 7.16. The van der Waals surface area contributed by atoms with Crippen LogP contribution in [0.15, 0.2) is 77.6 Å². The first-order valence-corrected chi connectivity index (χ1v) is 10.4. The number of hydrogen-bond acceptors (Lipinski definition) is 6. The van der Waals surface area contributed by atoms with Crippen molar-refractivity contribution in [3.63, 3.8) is 0 Å². The van der Waals surface area contributed by atoms with E-state index in [1.54, 1.807) is 10.7 Å². The molecule has 3 heterocycles. The molecular weight excluding hydrogens is 418 g/mol. The van der Waals surface area contributed by atoms with Gasteiger partial charge in [0.1, 0.15) is 34.8 Å². The summed E-state index contributed by atoms with van der Waals surface area (Å²) in [5.41, 5.74) is 16.1. The first kappa shape index (κ1) is 19.0. The molecule has 3 aromatic carbocycles. The molecule has 8 nitrogen and oxygen atoms in total. The van der Waals surface area contributed by atoms with Gasteiger partial charge in [0, 0.05) is 11.1 Å². The molecule has 0 radical (unpaired) electrons. The van der Waals surface area contributed by atoms with Crippen molar-refractivity contribution in [3.05, 3.63) is 88.8 Å². The highest BCUT2D eigenvalue weighted by Crippen LogP contribution is 2.43. The van der Waals surface area contributed by atoms with E-state index in [1.165, 1.54) is 0 Å². The first-order chi connectivity index (χ1) is 16.1. The highest BCUT2D eigenvalue weighted by atomic mass is 16.5. The number of pyridine rings is 1. The van der Waals surface area contributed by atoms with E-state index in [1.807, 2.05) is 66.7 Å². The monoisotopic (exact) mass is 437 g/mol. The quantitative estimate of drug-likeness (QED) is 0.363. The zero-order valence-electron chi connectivity index (χ0n) is 17.4. The van der Waals surface area contributed by atoms with Crippen molar-refractivity contribution in [2.45, 2.75) is 6.61 Å². The molecule has 0 atom stereocenters. The molecule has 0 unspecified atom stereocenters. The van der Waals surface area contributed by atoms with Gasteiger partial charge in [-0.25, -0.2) is 4.68 Å². The number of H-pyrrole nitrogens is 1. The van der Waals surface area contributed by atoms with Gasteiger partial charge in [-0.05, 0) is 42.5 Å². The average molecular weight is 437 g/mol. The van der Waals surface area contributed by atoms with Gasteiger partial charge in [-0.15, -0.1) is 0 Å². The van der Waals surface area contributed by atoms with Crippen molar-refractivity contribution < 1.29 is 9.47 Å². The van der Waals surface area contributed by atoms with Gasteiger partial charge in [0.25, 0.3) is 5.56 Å². The lowest BCUT2D eigenvalue weighted by molar-refractivity contribution is 0.299. The maximum Gasteiger partial charge on any atom is 0.261 e. The van der Waals surface area contributed by atoms with E-state index in [0.717, 1.165) is 16.9 Å². The van der Waals surface area contributed by atoms with Crippen molar-refractivity contribution in [1.29, 1.82) is 0 Å². The fourth-order valence-electron chi connectivity index (χ4n) is 4.17. The van der Waals surface area contributed by atoms with Crippen LogP contribution in [-0.4, -0.2) is 14.8 Å². The number of aromatic nitrogens is 3. The van der Waals surface area contributed by atoms with Crippen LogP contribution in [0.3, 0.4) is 0 Å². The van der Waals surface area contributed by atoms with Gasteiger partial charge >= 0.3 is 0 Å². The molecule has 0 saturated heterocycles. The van der Waals surface area contributed by atoms with E-state index in [4.69, 9.17) is 26.0 Å². The van der Waals surface area contributed by atoms with E-state index < -0.39 is 0 Å². The Bertz CT molecular complexity index is 1570. The van der Waals surface area contributed by atoms with Gasteiger partial charge < -0.3 is 25.9 Å². The molecule has 162 valence electrons. The molecule has 1 aliphatic heterocycles. The van der Waals surface area contributed by atoms with E-state index in [2.05, 4.69) is 4.98 Å². The molecule has 8 heteroatoms. The van der Waals surface area contributed by atoms with Crippen LogP contribution in [0.5, 0.6) is 17.2 Å². The summed E-state index contributed by atoms with van der Waals surface area (Å²) < 4.78 is 13.2. The van der Waals surface area contributed by atoms with E-state index in [9.17, 15) is 4.79 Å². The number of anilines is 2. The number of ether oxygens (including phenoxy) is 2. The molecule has 0 bridgehead atoms. The number of rotatable bonds is 3. The van der Waals surface area contributed by atoms with Crippen molar-refractivity contribution in [1.82, 2.24) is 14.8 Å². The predicted octanol–water partition coefficient (Wildman–Crippen LogP) is 4.23. The Balaban J connectivity index is 1.48. The van der Waals surface area contributed by atoms with Crippen LogP contribution in [-0.2, 0) is 6.61 Å². The van der Waals surface area contributed by atoms with Crippen LogP contribution < -0.4 is 26.5 Å². The standard InChI is InChI=1S/C25H19N5O3/c26-18-8-4-7-17-20-19(13-32-23(17)18)28-25(31)21-22(20)29-30(24(21)27)14-9-11-16(12-10-14)33-15-5-2-1-3-6-15/h1-12H,13,26-27H2,(H,28,31). The van der Waals surface area contributed by atoms with E-state index >= 15 is 0 Å². The Hall–Kier alpha value is -4.72. The summed E-state index contributed by atoms with van der Waals surface area (Å²) >= 11 is 0. The molecule has 33 heavy (non-hydrogen) atoms. The van der Waals surface area contributed by atoms with Gasteiger partial charge in [-0.1, -0.05) is 30.3 Å². The summed E-state index contributed by atoms with van der Waals surface area (Å²) in [6.45, 7) is 0.194. The average Bonchev–Trinajstić information content (AvgIpc) is 3.18. The Kier molecular flexibility index (Phi) is 4.13. The van der Waals surface area contributed by atoms with E-state index in [-0.39, 0.29) is 18.0 Å². The van der Waals surface area contributed by atoms with Gasteiger partial charge in [0.05, 0.1) is 17.1 Å². The summed E-state index contributed by atoms with van der Waals surface area (Å²) in [7, 11) is 0. The van der Waals surface area contributed by atoms with Crippen LogP contribution in [0.2, 0.25) is 0 Å². The normalized spacial score (nSPS) is 12.1. The van der Waals surface area contributed by atoms with Gasteiger partial charge in [-0.2, -0.15) is 5.10 Å². The second-order valence-electron chi connectivity index (χ2n) is 7.75. The zero-order valence-corrected chi connectivity index (χ0v) is 17.4. The lowest BCUT2D eigenvalue weighted by Crippen LogP contribution is -2.17. The van der Waals surface area contributed by atoms with Crippen molar-refractivity contribution in [2.75, 3.05) is 11.5 Å². The molecule has 0 fully saturated rings. The number of hydrogen-bond donors (Lipinski definition) is 3. The minimum atomic E-state index is -0.313. The van der Waals surface area contributed by atoms with Crippen LogP contribution >= 0.6 is 0 Å². The van der Waals surface area contributed by atoms with Crippen molar-refractivity contribution in [2.24, 2.45) is 0 Å². The number of nitrogen functional groups attached to an aromatic ring is 2. The molecule has 0 amide bonds. The molecule has 0 saturated carbocycles. The Morgan fingerprint density at radius 1 is 0.939 bits per heavy atom. The lowest BCUT2D eigenvalue weighted by Gasteiger charge is -2.21. The number of nitrogens with two attached hydrogens (primary N) is 2. The molecule has 2 aromatic heterocycles. The molecule has 0 spiro atoms. The number of aromatic amines is 1. The topological polar surface area (TPSA) is 121 Å². The maximum atomic E-state index is 12.9. The first-order valence-electron chi connectivity index (χ1n) is 10.4. The zero-order chi connectivity index (χ0) is 22.5. The van der Waals surface area contributed by atoms with Gasteiger partial charge in [0.2, 0.25) is 0 Å². The summed E-state index contributed by atoms with van der Waals surface area (Å²) in [5.74, 6) is 2.25. The van der Waals surface area contributed by atoms with Crippen molar-refractivity contribution in [3.8, 4) is 34.1 Å². The summed E-state index contributed by atoms with van der Waals surface area (Å²) in [5, 5.41) is 5.06. The van der Waals surface area contributed by atoms with E-state index in [0.29, 0.717) is 39.5 Å². The number of nitrogens with zero attached hydrogens (tertiary/aromatic N) is 2. The Morgan fingerprint density at radius 2 is 1.70 bits per heavy atom. The fourth-order valence-corrected chi connectivity index (χ4v) is 4.17. The minimum absolute atomic E-state index is 0.194. The minimum Gasteiger partial charge on any atom is -0.485 e. The maximum absolute atomic E-state index is 12.9. The number of nitrogens with one attached hydrogen (secondary N) is 1. The van der Waals surface area contributed by atoms with Gasteiger partial charge in [-0.3, -0.25) is 4.79 Å². The molecule has 6 rings (SSSR count). The Morgan fingerprint density at radius 3 is 2.48 bits per heavy atom. The second-order valence-corrected chi connectivity index (χ2v) is 7.75. The third-order valence-electron chi connectivity index (χ3n) is 5.69. The highest BCUT2D eigenvalue weighted by molar-refractivity contribution is 6.02. The highest BCUT2D eigenvalue weighted by Gasteiger charge is 2.27. The SMILES string of the molecule is Nc1cccc2c1OCc1[nH]c(=O)c3c(N)n(-c4ccc(Oc5ccccc5)cc4)nc3c1-2. The lowest BCUT2D eigenvalue weighted by atomic mass is 9.98. The largest absolute Gasteiger partial charge is 0.485 e.